The molecule has 4 heteroatoms. The average Bonchev–Trinajstić information content (AvgIpc) is 2.49. The molecule has 1 fully saturated rings. The molecule has 0 aliphatic carbocycles. The van der Waals surface area contributed by atoms with Gasteiger partial charge in [0.05, 0.1) is 13.7 Å². The lowest BCUT2D eigenvalue weighted by Gasteiger charge is -2.40. The van der Waals surface area contributed by atoms with Gasteiger partial charge in [-0.3, -0.25) is 4.79 Å². The molecule has 1 aromatic rings. The highest BCUT2D eigenvalue weighted by atomic mass is 16.5. The van der Waals surface area contributed by atoms with Crippen molar-refractivity contribution in [1.29, 1.82) is 0 Å². The minimum Gasteiger partial charge on any atom is -0.468 e. The quantitative estimate of drug-likeness (QED) is 0.858. The van der Waals surface area contributed by atoms with Crippen LogP contribution in [0.4, 0.5) is 0 Å². The van der Waals surface area contributed by atoms with Crippen molar-refractivity contribution >= 4 is 5.97 Å². The molecule has 0 radical (unpaired) electrons. The Labute approximate surface area is 120 Å². The van der Waals surface area contributed by atoms with Gasteiger partial charge in [0.15, 0.2) is 0 Å². The number of nitrogens with one attached hydrogen (secondary N) is 1. The molecule has 0 amide bonds. The van der Waals surface area contributed by atoms with Gasteiger partial charge in [-0.05, 0) is 25.8 Å². The first-order valence-corrected chi connectivity index (χ1v) is 7.05. The number of rotatable bonds is 4. The molecule has 2 unspecified atom stereocenters. The van der Waals surface area contributed by atoms with Gasteiger partial charge in [-0.25, -0.2) is 0 Å². The predicted octanol–water partition coefficient (Wildman–Crippen LogP) is 2.31. The fourth-order valence-corrected chi connectivity index (χ4v) is 2.75. The van der Waals surface area contributed by atoms with E-state index >= 15 is 0 Å². The summed E-state index contributed by atoms with van der Waals surface area (Å²) >= 11 is 0. The summed E-state index contributed by atoms with van der Waals surface area (Å²) in [6.45, 7) is 5.10. The van der Waals surface area contributed by atoms with Crippen LogP contribution in [0, 0.1) is 5.41 Å². The van der Waals surface area contributed by atoms with Gasteiger partial charge in [0.1, 0.15) is 5.41 Å². The summed E-state index contributed by atoms with van der Waals surface area (Å²) in [7, 11) is 1.43. The van der Waals surface area contributed by atoms with E-state index in [0.29, 0.717) is 13.2 Å². The minimum absolute atomic E-state index is 0.0545. The molecule has 1 heterocycles. The molecule has 110 valence electrons. The zero-order chi connectivity index (χ0) is 14.6. The smallest absolute Gasteiger partial charge is 0.315 e. The second-order valence-electron chi connectivity index (χ2n) is 5.60. The van der Waals surface area contributed by atoms with Crippen LogP contribution >= 0.6 is 0 Å². The Morgan fingerprint density at radius 2 is 2.15 bits per heavy atom. The van der Waals surface area contributed by atoms with Gasteiger partial charge in [0, 0.05) is 18.7 Å². The van der Waals surface area contributed by atoms with Crippen LogP contribution in [0.15, 0.2) is 30.3 Å². The molecule has 3 atom stereocenters. The second-order valence-corrected chi connectivity index (χ2v) is 5.60. The summed E-state index contributed by atoms with van der Waals surface area (Å²) in [6.07, 6.45) is 0.808. The van der Waals surface area contributed by atoms with Crippen molar-refractivity contribution in [2.45, 2.75) is 32.4 Å². The van der Waals surface area contributed by atoms with E-state index in [0.717, 1.165) is 6.42 Å². The number of benzene rings is 1. The van der Waals surface area contributed by atoms with Crippen LogP contribution in [-0.2, 0) is 14.3 Å². The minimum atomic E-state index is -0.629. The van der Waals surface area contributed by atoms with E-state index < -0.39 is 5.41 Å². The van der Waals surface area contributed by atoms with Crippen LogP contribution < -0.4 is 5.32 Å². The van der Waals surface area contributed by atoms with Gasteiger partial charge in [-0.1, -0.05) is 30.3 Å². The second kappa shape index (κ2) is 6.37. The highest BCUT2D eigenvalue weighted by Gasteiger charge is 2.45. The lowest BCUT2D eigenvalue weighted by molar-refractivity contribution is -0.162. The maximum atomic E-state index is 12.1. The summed E-state index contributed by atoms with van der Waals surface area (Å²) in [5.74, 6) is -0.213. The summed E-state index contributed by atoms with van der Waals surface area (Å²) in [5.41, 5.74) is 0.585. The Morgan fingerprint density at radius 1 is 1.45 bits per heavy atom. The first kappa shape index (κ1) is 15.0. The number of hydrogen-bond acceptors (Lipinski definition) is 4. The van der Waals surface area contributed by atoms with Crippen LogP contribution in [0.3, 0.4) is 0 Å². The molecule has 0 aromatic heterocycles. The molecule has 1 N–H and O–H groups in total. The van der Waals surface area contributed by atoms with Crippen LogP contribution in [-0.4, -0.2) is 32.3 Å². The molecule has 1 saturated heterocycles. The summed E-state index contributed by atoms with van der Waals surface area (Å²) in [4.78, 5) is 12.1. The molecule has 20 heavy (non-hydrogen) atoms. The molecule has 0 spiro atoms. The molecule has 1 aliphatic heterocycles. The lowest BCUT2D eigenvalue weighted by atomic mass is 9.79. The number of methoxy groups -OCH3 is 1. The standard InChI is InChI=1S/C16H23NO3/c1-12(13-7-5-4-6-8-13)17-14-9-10-20-11-16(14,2)15(18)19-3/h4-8,12,14,17H,9-11H2,1-3H3/t12-,14?,16?/m1/s1. The summed E-state index contributed by atoms with van der Waals surface area (Å²) in [6, 6.07) is 10.5. The number of hydrogen-bond donors (Lipinski definition) is 1. The highest BCUT2D eigenvalue weighted by Crippen LogP contribution is 2.31. The van der Waals surface area contributed by atoms with Gasteiger partial charge in [-0.2, -0.15) is 0 Å². The van der Waals surface area contributed by atoms with Crippen LogP contribution in [0.25, 0.3) is 0 Å². The zero-order valence-electron chi connectivity index (χ0n) is 12.4. The first-order chi connectivity index (χ1) is 9.58. The topological polar surface area (TPSA) is 47.6 Å². The van der Waals surface area contributed by atoms with Crippen molar-refractivity contribution in [1.82, 2.24) is 5.32 Å². The fourth-order valence-electron chi connectivity index (χ4n) is 2.75. The fraction of sp³-hybridized carbons (Fsp3) is 0.562. The molecule has 1 aromatic carbocycles. The molecule has 4 nitrogen and oxygen atoms in total. The van der Waals surface area contributed by atoms with Crippen molar-refractivity contribution < 1.29 is 14.3 Å². The van der Waals surface area contributed by atoms with E-state index in [1.54, 1.807) is 0 Å². The maximum Gasteiger partial charge on any atom is 0.315 e. The molecule has 0 bridgehead atoms. The summed E-state index contributed by atoms with van der Waals surface area (Å²) in [5, 5.41) is 3.56. The van der Waals surface area contributed by atoms with E-state index in [4.69, 9.17) is 9.47 Å². The molecular weight excluding hydrogens is 254 g/mol. The molecular formula is C16H23NO3. The summed E-state index contributed by atoms with van der Waals surface area (Å²) < 4.78 is 10.4. The maximum absolute atomic E-state index is 12.1. The van der Waals surface area contributed by atoms with Gasteiger partial charge in [0.25, 0.3) is 0 Å². The van der Waals surface area contributed by atoms with Crippen molar-refractivity contribution in [3.63, 3.8) is 0 Å². The lowest BCUT2D eigenvalue weighted by Crippen LogP contribution is -2.55. The third-order valence-corrected chi connectivity index (χ3v) is 4.12. The number of carbonyl (C=O) groups is 1. The van der Waals surface area contributed by atoms with Crippen molar-refractivity contribution in [3.05, 3.63) is 35.9 Å². The Kier molecular flexibility index (Phi) is 4.78. The number of ether oxygens (including phenoxy) is 2. The largest absolute Gasteiger partial charge is 0.468 e. The molecule has 1 aliphatic rings. The normalized spacial score (nSPS) is 27.9. The average molecular weight is 277 g/mol. The van der Waals surface area contributed by atoms with Crippen LogP contribution in [0.1, 0.15) is 31.9 Å². The SMILES string of the molecule is COC(=O)C1(C)COCCC1N[C@H](C)c1ccccc1. The van der Waals surface area contributed by atoms with Crippen LogP contribution in [0.5, 0.6) is 0 Å². The van der Waals surface area contributed by atoms with Crippen molar-refractivity contribution in [2.75, 3.05) is 20.3 Å². The van der Waals surface area contributed by atoms with Gasteiger partial charge in [0.2, 0.25) is 0 Å². The van der Waals surface area contributed by atoms with Gasteiger partial charge >= 0.3 is 5.97 Å². The van der Waals surface area contributed by atoms with E-state index in [9.17, 15) is 4.79 Å². The van der Waals surface area contributed by atoms with E-state index in [2.05, 4.69) is 24.4 Å². The first-order valence-electron chi connectivity index (χ1n) is 7.05. The van der Waals surface area contributed by atoms with E-state index in [1.165, 1.54) is 12.7 Å². The van der Waals surface area contributed by atoms with E-state index in [1.807, 2.05) is 25.1 Å². The highest BCUT2D eigenvalue weighted by molar-refractivity contribution is 5.77. The zero-order valence-corrected chi connectivity index (χ0v) is 12.4. The van der Waals surface area contributed by atoms with Crippen molar-refractivity contribution in [3.8, 4) is 0 Å². The Bertz CT molecular complexity index is 448. The number of esters is 1. The Morgan fingerprint density at radius 3 is 2.80 bits per heavy atom. The van der Waals surface area contributed by atoms with Gasteiger partial charge < -0.3 is 14.8 Å². The third kappa shape index (κ3) is 3.02. The molecule has 2 rings (SSSR count). The third-order valence-electron chi connectivity index (χ3n) is 4.12. The predicted molar refractivity (Wildman–Crippen MR) is 77.3 cm³/mol. The number of carbonyl (C=O) groups excluding carboxylic acids is 1. The van der Waals surface area contributed by atoms with Crippen LogP contribution in [0.2, 0.25) is 0 Å². The Balaban J connectivity index is 2.11. The monoisotopic (exact) mass is 277 g/mol. The molecule has 0 saturated carbocycles. The Hall–Kier alpha value is -1.39. The van der Waals surface area contributed by atoms with Crippen molar-refractivity contribution in [2.24, 2.45) is 5.41 Å². The van der Waals surface area contributed by atoms with E-state index in [-0.39, 0.29) is 18.1 Å². The van der Waals surface area contributed by atoms with Gasteiger partial charge in [-0.15, -0.1) is 0 Å².